The van der Waals surface area contributed by atoms with E-state index in [4.69, 9.17) is 0 Å². The Morgan fingerprint density at radius 3 is 0.667 bits per heavy atom. The van der Waals surface area contributed by atoms with Crippen molar-refractivity contribution in [2.75, 3.05) is 0 Å². The van der Waals surface area contributed by atoms with Crippen molar-refractivity contribution in [2.24, 2.45) is 0 Å². The van der Waals surface area contributed by atoms with E-state index in [1.165, 1.54) is 0 Å². The molecule has 0 aromatic carbocycles. The summed E-state index contributed by atoms with van der Waals surface area (Å²) < 4.78 is 0. The van der Waals surface area contributed by atoms with Gasteiger partial charge in [-0.1, -0.05) is 0 Å². The van der Waals surface area contributed by atoms with Gasteiger partial charge in [-0.2, -0.15) is 0 Å². The molecule has 6 heavy (non-hydrogen) atoms. The molecule has 0 aromatic heterocycles. The van der Waals surface area contributed by atoms with Gasteiger partial charge in [0.2, 0.25) is 0 Å². The van der Waals surface area contributed by atoms with E-state index >= 15 is 0 Å². The molecule has 0 rings (SSSR count). The topological polar surface area (TPSA) is 0 Å². The Labute approximate surface area is 74.9 Å². The van der Waals surface area contributed by atoms with Gasteiger partial charge in [0.05, 0.1) is 0 Å². The zero-order valence-corrected chi connectivity index (χ0v) is 7.96. The summed E-state index contributed by atoms with van der Waals surface area (Å²) in [6.45, 7) is 0. The maximum absolute atomic E-state index is 2.00. The SMILES string of the molecule is Cl.Cl.Cl.Cl.[CH3][Ti]. The second kappa shape index (κ2) is 67.5. The maximum atomic E-state index is 2.00. The fourth-order valence-corrected chi connectivity index (χ4v) is 0. The van der Waals surface area contributed by atoms with Gasteiger partial charge in [-0.15, -0.1) is 49.6 Å². The van der Waals surface area contributed by atoms with Gasteiger partial charge in [0.15, 0.2) is 0 Å². The molecule has 0 aliphatic rings. The molecule has 0 spiro atoms. The molecular formula is CH7Cl4Ti. The molecule has 0 heterocycles. The molecule has 43 valence electrons. The number of rotatable bonds is 0. The third-order valence-corrected chi connectivity index (χ3v) is 0. The average Bonchev–Trinajstić information content (AvgIpc) is 1.00. The monoisotopic (exact) mass is 207 g/mol. The Kier molecular flexibility index (Phi) is 507. The molecule has 0 N–H and O–H groups in total. The molecule has 0 saturated carbocycles. The second-order valence-corrected chi connectivity index (χ2v) is 0. The summed E-state index contributed by atoms with van der Waals surface area (Å²) in [5, 5.41) is 2.00. The van der Waals surface area contributed by atoms with Crippen LogP contribution in [0.1, 0.15) is 0 Å². The summed E-state index contributed by atoms with van der Waals surface area (Å²) in [4.78, 5) is 0. The molecule has 0 radical (unpaired) electrons. The Morgan fingerprint density at radius 1 is 0.667 bits per heavy atom. The Hall–Kier alpha value is 1.87. The molecule has 0 fully saturated rings. The molecule has 0 nitrogen and oxygen atoms in total. The fourth-order valence-electron chi connectivity index (χ4n) is 0. The molecule has 0 amide bonds. The van der Waals surface area contributed by atoms with Crippen LogP contribution in [0.2, 0.25) is 5.23 Å². The van der Waals surface area contributed by atoms with E-state index in [1.54, 1.807) is 0 Å². The van der Waals surface area contributed by atoms with Crippen molar-refractivity contribution in [1.29, 1.82) is 0 Å². The normalized spacial score (nSPS) is 0.667. The van der Waals surface area contributed by atoms with Gasteiger partial charge in [-0.25, -0.2) is 0 Å². The van der Waals surface area contributed by atoms with E-state index in [0.29, 0.717) is 0 Å². The van der Waals surface area contributed by atoms with Gasteiger partial charge in [-0.3, -0.25) is 0 Å². The van der Waals surface area contributed by atoms with Crippen molar-refractivity contribution in [3.05, 3.63) is 0 Å². The number of hydrogen-bond acceptors (Lipinski definition) is 0. The molecule has 0 saturated heterocycles. The summed E-state index contributed by atoms with van der Waals surface area (Å²) in [5.74, 6) is 0. The zero-order valence-electron chi connectivity index (χ0n) is 3.13. The van der Waals surface area contributed by atoms with Crippen LogP contribution in [0.4, 0.5) is 0 Å². The first-order valence-corrected chi connectivity index (χ1v) is 2.06. The summed E-state index contributed by atoms with van der Waals surface area (Å²) >= 11 is 2.00. The quantitative estimate of drug-likeness (QED) is 0.536. The minimum absolute atomic E-state index is 0. The molecule has 0 aromatic rings. The predicted molar refractivity (Wildman–Crippen MR) is 34.9 cm³/mol. The second-order valence-electron chi connectivity index (χ2n) is 0. The van der Waals surface area contributed by atoms with E-state index in [1.807, 2.05) is 25.7 Å². The first kappa shape index (κ1) is 45.0. The van der Waals surface area contributed by atoms with Crippen molar-refractivity contribution in [3.8, 4) is 0 Å². The van der Waals surface area contributed by atoms with Crippen molar-refractivity contribution in [2.45, 2.75) is 5.23 Å². The Morgan fingerprint density at radius 2 is 0.667 bits per heavy atom. The standard InChI is InChI=1S/CH3.4ClH.Ti/h1H3;4*1H;. The zero-order chi connectivity index (χ0) is 2.00. The third kappa shape index (κ3) is 39.7. The van der Waals surface area contributed by atoms with E-state index < -0.39 is 0 Å². The summed E-state index contributed by atoms with van der Waals surface area (Å²) in [6, 6.07) is 0. The first-order valence-electron chi connectivity index (χ1n) is 0.500. The predicted octanol–water partition coefficient (Wildman–Crippen LogP) is 2.27. The van der Waals surface area contributed by atoms with Gasteiger partial charge < -0.3 is 0 Å². The van der Waals surface area contributed by atoms with Crippen molar-refractivity contribution < 1.29 is 20.4 Å². The van der Waals surface area contributed by atoms with Crippen LogP contribution < -0.4 is 0 Å². The van der Waals surface area contributed by atoms with Crippen LogP contribution in [-0.2, 0) is 20.4 Å². The van der Waals surface area contributed by atoms with E-state index in [2.05, 4.69) is 0 Å². The van der Waals surface area contributed by atoms with Gasteiger partial charge in [0.25, 0.3) is 0 Å². The van der Waals surface area contributed by atoms with Crippen molar-refractivity contribution >= 4 is 49.6 Å². The average molecular weight is 209 g/mol. The summed E-state index contributed by atoms with van der Waals surface area (Å²) in [7, 11) is 0. The summed E-state index contributed by atoms with van der Waals surface area (Å²) in [6.07, 6.45) is 0. The van der Waals surface area contributed by atoms with E-state index in [-0.39, 0.29) is 49.6 Å². The van der Waals surface area contributed by atoms with Gasteiger partial charge in [0.1, 0.15) is 0 Å². The van der Waals surface area contributed by atoms with Gasteiger partial charge >= 0.3 is 25.7 Å². The van der Waals surface area contributed by atoms with E-state index in [0.717, 1.165) is 0 Å². The Balaban J connectivity index is -0.000000000833. The third-order valence-electron chi connectivity index (χ3n) is 0. The molecular weight excluding hydrogens is 202 g/mol. The van der Waals surface area contributed by atoms with Crippen molar-refractivity contribution in [1.82, 2.24) is 0 Å². The minimum atomic E-state index is 0. The Bertz CT molecular complexity index is 7.51. The number of halogens is 4. The molecule has 0 bridgehead atoms. The van der Waals surface area contributed by atoms with Gasteiger partial charge in [0, 0.05) is 0 Å². The molecule has 0 atom stereocenters. The molecule has 0 aliphatic heterocycles. The molecule has 0 aliphatic carbocycles. The fraction of sp³-hybridized carbons (Fsp3) is 1.00. The number of hydrogen-bond donors (Lipinski definition) is 0. The van der Waals surface area contributed by atoms with Gasteiger partial charge in [-0.05, 0) is 0 Å². The van der Waals surface area contributed by atoms with Crippen LogP contribution in [0.25, 0.3) is 0 Å². The van der Waals surface area contributed by atoms with Crippen molar-refractivity contribution in [3.63, 3.8) is 0 Å². The van der Waals surface area contributed by atoms with Crippen LogP contribution >= 0.6 is 49.6 Å². The van der Waals surface area contributed by atoms with Crippen LogP contribution in [-0.4, -0.2) is 0 Å². The first-order chi connectivity index (χ1) is 1.00. The van der Waals surface area contributed by atoms with Crippen LogP contribution in [0.3, 0.4) is 0 Å². The van der Waals surface area contributed by atoms with Crippen LogP contribution in [0, 0.1) is 0 Å². The summed E-state index contributed by atoms with van der Waals surface area (Å²) in [5.41, 5.74) is 0. The molecule has 5 heteroatoms. The van der Waals surface area contributed by atoms with E-state index in [9.17, 15) is 0 Å². The molecule has 0 unspecified atom stereocenters. The van der Waals surface area contributed by atoms with Crippen LogP contribution in [0.5, 0.6) is 0 Å². The van der Waals surface area contributed by atoms with Crippen LogP contribution in [0.15, 0.2) is 0 Å².